The lowest BCUT2D eigenvalue weighted by Gasteiger charge is -2.08. The number of nitro benzene ring substituents is 1. The van der Waals surface area contributed by atoms with E-state index in [1.54, 1.807) is 6.92 Å². The summed E-state index contributed by atoms with van der Waals surface area (Å²) in [7, 11) is 0. The zero-order chi connectivity index (χ0) is 19.6. The molecule has 136 valence electrons. The number of aromatic nitrogens is 1. The van der Waals surface area contributed by atoms with Gasteiger partial charge in [0.1, 0.15) is 11.4 Å². The molecule has 7 nitrogen and oxygen atoms in total. The number of H-pyrrole nitrogens is 1. The summed E-state index contributed by atoms with van der Waals surface area (Å²) in [4.78, 5) is 37.6. The molecular weight excluding hydrogens is 353 g/mol. The van der Waals surface area contributed by atoms with Gasteiger partial charge in [-0.3, -0.25) is 19.7 Å². The van der Waals surface area contributed by atoms with Crippen LogP contribution in [0.3, 0.4) is 0 Å². The fourth-order valence-electron chi connectivity index (χ4n) is 2.50. The number of rotatable bonds is 4. The van der Waals surface area contributed by atoms with Crippen molar-refractivity contribution < 1.29 is 14.1 Å². The van der Waals surface area contributed by atoms with E-state index in [1.807, 2.05) is 0 Å². The second kappa shape index (κ2) is 7.20. The number of amides is 1. The Morgan fingerprint density at radius 1 is 1.11 bits per heavy atom. The first-order valence-electron chi connectivity index (χ1n) is 7.91. The maximum atomic E-state index is 13.0. The number of aryl methyl sites for hydroxylation is 1. The molecule has 0 spiro atoms. The molecule has 3 rings (SSSR count). The number of nitrogens with zero attached hydrogens (tertiary/aromatic N) is 1. The van der Waals surface area contributed by atoms with Gasteiger partial charge in [0, 0.05) is 17.8 Å². The average Bonchev–Trinajstić information content (AvgIpc) is 2.63. The molecule has 0 saturated heterocycles. The summed E-state index contributed by atoms with van der Waals surface area (Å²) in [5.41, 5.74) is 0.947. The molecule has 2 N–H and O–H groups in total. The lowest BCUT2D eigenvalue weighted by Crippen LogP contribution is -2.23. The Morgan fingerprint density at radius 3 is 2.44 bits per heavy atom. The van der Waals surface area contributed by atoms with Gasteiger partial charge in [0.2, 0.25) is 0 Å². The lowest BCUT2D eigenvalue weighted by molar-refractivity contribution is -0.384. The van der Waals surface area contributed by atoms with Gasteiger partial charge >= 0.3 is 0 Å². The summed E-state index contributed by atoms with van der Waals surface area (Å²) in [6.45, 7) is 1.68. The van der Waals surface area contributed by atoms with E-state index in [0.29, 0.717) is 16.8 Å². The van der Waals surface area contributed by atoms with E-state index in [1.165, 1.54) is 54.6 Å². The SMILES string of the molecule is Cc1ccc([N+](=O)[O-])cc1NC(=O)c1ccc(-c2ccc(F)cc2)[nH]c1=O. The molecule has 0 aliphatic heterocycles. The summed E-state index contributed by atoms with van der Waals surface area (Å²) in [5.74, 6) is -1.09. The van der Waals surface area contributed by atoms with Crippen LogP contribution in [0.25, 0.3) is 11.3 Å². The van der Waals surface area contributed by atoms with E-state index < -0.39 is 22.2 Å². The highest BCUT2D eigenvalue weighted by Gasteiger charge is 2.15. The standard InChI is InChI=1S/C19H14FN3O4/c1-11-2-7-14(23(26)27)10-17(11)22-19(25)15-8-9-16(21-18(15)24)12-3-5-13(20)6-4-12/h2-10H,1H3,(H,21,24)(H,22,25). The van der Waals surface area contributed by atoms with Crippen molar-refractivity contribution in [1.82, 2.24) is 4.98 Å². The van der Waals surface area contributed by atoms with E-state index in [-0.39, 0.29) is 16.9 Å². The highest BCUT2D eigenvalue weighted by molar-refractivity contribution is 6.04. The van der Waals surface area contributed by atoms with Crippen LogP contribution in [0.1, 0.15) is 15.9 Å². The van der Waals surface area contributed by atoms with Crippen molar-refractivity contribution in [2.24, 2.45) is 0 Å². The fourth-order valence-corrected chi connectivity index (χ4v) is 2.50. The molecule has 0 fully saturated rings. The average molecular weight is 367 g/mol. The van der Waals surface area contributed by atoms with Crippen LogP contribution in [0.2, 0.25) is 0 Å². The zero-order valence-corrected chi connectivity index (χ0v) is 14.2. The Kier molecular flexibility index (Phi) is 4.80. The van der Waals surface area contributed by atoms with E-state index in [2.05, 4.69) is 10.3 Å². The third-order valence-corrected chi connectivity index (χ3v) is 3.99. The zero-order valence-electron chi connectivity index (χ0n) is 14.2. The number of hydrogen-bond donors (Lipinski definition) is 2. The number of carbonyl (C=O) groups is 1. The van der Waals surface area contributed by atoms with Gasteiger partial charge in [-0.15, -0.1) is 0 Å². The third kappa shape index (κ3) is 3.90. The minimum Gasteiger partial charge on any atom is -0.321 e. The number of carbonyl (C=O) groups excluding carboxylic acids is 1. The van der Waals surface area contributed by atoms with Gasteiger partial charge in [0.05, 0.1) is 10.6 Å². The van der Waals surface area contributed by atoms with Crippen LogP contribution in [0.15, 0.2) is 59.4 Å². The summed E-state index contributed by atoms with van der Waals surface area (Å²) in [6.07, 6.45) is 0. The minimum atomic E-state index is -0.689. The van der Waals surface area contributed by atoms with E-state index in [4.69, 9.17) is 0 Å². The van der Waals surface area contributed by atoms with Crippen LogP contribution < -0.4 is 10.9 Å². The van der Waals surface area contributed by atoms with Crippen molar-refractivity contribution in [1.29, 1.82) is 0 Å². The van der Waals surface area contributed by atoms with Gasteiger partial charge in [-0.25, -0.2) is 4.39 Å². The molecule has 0 bridgehead atoms. The maximum Gasteiger partial charge on any atom is 0.271 e. The predicted molar refractivity (Wildman–Crippen MR) is 98.2 cm³/mol. The molecule has 0 radical (unpaired) electrons. The van der Waals surface area contributed by atoms with Crippen molar-refractivity contribution in [3.8, 4) is 11.3 Å². The second-order valence-corrected chi connectivity index (χ2v) is 5.83. The van der Waals surface area contributed by atoms with Crippen molar-refractivity contribution in [2.45, 2.75) is 6.92 Å². The summed E-state index contributed by atoms with van der Waals surface area (Å²) < 4.78 is 13.0. The first-order valence-corrected chi connectivity index (χ1v) is 7.91. The maximum absolute atomic E-state index is 13.0. The second-order valence-electron chi connectivity index (χ2n) is 5.83. The number of pyridine rings is 1. The first-order chi connectivity index (χ1) is 12.8. The van der Waals surface area contributed by atoms with Crippen LogP contribution in [-0.4, -0.2) is 15.8 Å². The minimum absolute atomic E-state index is 0.147. The van der Waals surface area contributed by atoms with Gasteiger partial charge < -0.3 is 10.3 Å². The molecular formula is C19H14FN3O4. The quantitative estimate of drug-likeness (QED) is 0.542. The molecule has 0 saturated carbocycles. The smallest absolute Gasteiger partial charge is 0.271 e. The molecule has 0 aliphatic carbocycles. The Morgan fingerprint density at radius 2 is 1.81 bits per heavy atom. The lowest BCUT2D eigenvalue weighted by atomic mass is 10.1. The summed E-state index contributed by atoms with van der Waals surface area (Å²) >= 11 is 0. The van der Waals surface area contributed by atoms with E-state index in [9.17, 15) is 24.1 Å². The van der Waals surface area contributed by atoms with Gasteiger partial charge in [-0.1, -0.05) is 6.07 Å². The van der Waals surface area contributed by atoms with Crippen LogP contribution in [-0.2, 0) is 0 Å². The summed E-state index contributed by atoms with van der Waals surface area (Å²) in [5, 5.41) is 13.4. The van der Waals surface area contributed by atoms with E-state index in [0.717, 1.165) is 0 Å². The highest BCUT2D eigenvalue weighted by Crippen LogP contribution is 2.22. The molecule has 1 heterocycles. The normalized spacial score (nSPS) is 10.4. The van der Waals surface area contributed by atoms with Gasteiger partial charge in [-0.2, -0.15) is 0 Å². The number of non-ortho nitro benzene ring substituents is 1. The number of nitrogens with one attached hydrogen (secondary N) is 2. The number of hydrogen-bond acceptors (Lipinski definition) is 4. The molecule has 3 aromatic rings. The monoisotopic (exact) mass is 367 g/mol. The topological polar surface area (TPSA) is 105 Å². The van der Waals surface area contributed by atoms with Crippen molar-refractivity contribution in [3.63, 3.8) is 0 Å². The highest BCUT2D eigenvalue weighted by atomic mass is 19.1. The van der Waals surface area contributed by atoms with Crippen LogP contribution >= 0.6 is 0 Å². The molecule has 1 aromatic heterocycles. The molecule has 0 atom stereocenters. The molecule has 0 aliphatic rings. The van der Waals surface area contributed by atoms with Gasteiger partial charge in [0.15, 0.2) is 0 Å². The Bertz CT molecular complexity index is 1090. The predicted octanol–water partition coefficient (Wildman–Crippen LogP) is 3.65. The Balaban J connectivity index is 1.88. The van der Waals surface area contributed by atoms with E-state index >= 15 is 0 Å². The number of anilines is 1. The molecule has 27 heavy (non-hydrogen) atoms. The number of aromatic amines is 1. The Hall–Kier alpha value is -3.81. The third-order valence-electron chi connectivity index (χ3n) is 3.99. The van der Waals surface area contributed by atoms with Crippen molar-refractivity contribution in [3.05, 3.63) is 92.0 Å². The molecule has 0 unspecified atom stereocenters. The van der Waals surface area contributed by atoms with Crippen molar-refractivity contribution >= 4 is 17.3 Å². The van der Waals surface area contributed by atoms with Crippen LogP contribution in [0.5, 0.6) is 0 Å². The number of benzene rings is 2. The van der Waals surface area contributed by atoms with Crippen LogP contribution in [0, 0.1) is 22.9 Å². The fraction of sp³-hybridized carbons (Fsp3) is 0.0526. The summed E-state index contributed by atoms with van der Waals surface area (Å²) in [6, 6.07) is 12.5. The number of nitro groups is 1. The molecule has 1 amide bonds. The molecule has 8 heteroatoms. The number of halogens is 1. The molecule has 2 aromatic carbocycles. The largest absolute Gasteiger partial charge is 0.321 e. The Labute approximate surface area is 152 Å². The van der Waals surface area contributed by atoms with Gasteiger partial charge in [-0.05, 0) is 54.4 Å². The first kappa shape index (κ1) is 18.0. The van der Waals surface area contributed by atoms with Crippen LogP contribution in [0.4, 0.5) is 15.8 Å². The van der Waals surface area contributed by atoms with Gasteiger partial charge in [0.25, 0.3) is 17.2 Å². The van der Waals surface area contributed by atoms with Crippen molar-refractivity contribution in [2.75, 3.05) is 5.32 Å².